The number of alkyl halides is 1. The van der Waals surface area contributed by atoms with Crippen LogP contribution in [-0.4, -0.2) is 5.88 Å². The molecule has 1 aromatic rings. The van der Waals surface area contributed by atoms with Gasteiger partial charge in [0.1, 0.15) is 0 Å². The maximum atomic E-state index is 6.17. The maximum Gasteiger partial charge on any atom is 0.0257 e. The van der Waals surface area contributed by atoms with Gasteiger partial charge < -0.3 is 0 Å². The van der Waals surface area contributed by atoms with E-state index >= 15 is 0 Å². The fourth-order valence-electron chi connectivity index (χ4n) is 3.01. The topological polar surface area (TPSA) is 0 Å². The van der Waals surface area contributed by atoms with Crippen LogP contribution in [0.15, 0.2) is 18.2 Å². The molecule has 1 unspecified atom stereocenters. The molecule has 1 fully saturated rings. The van der Waals surface area contributed by atoms with Gasteiger partial charge in [0.2, 0.25) is 0 Å². The SMILES string of the molecule is Cc1ccc(CC(CCl)C2CCCC2)cc1C. The van der Waals surface area contributed by atoms with Crippen LogP contribution in [0.3, 0.4) is 0 Å². The minimum Gasteiger partial charge on any atom is -0.126 e. The molecule has 1 aliphatic carbocycles. The van der Waals surface area contributed by atoms with Crippen LogP contribution in [0.5, 0.6) is 0 Å². The highest BCUT2D eigenvalue weighted by Crippen LogP contribution is 2.34. The zero-order valence-electron chi connectivity index (χ0n) is 11.0. The lowest BCUT2D eigenvalue weighted by molar-refractivity contribution is 0.369. The van der Waals surface area contributed by atoms with Crippen molar-refractivity contribution < 1.29 is 0 Å². The van der Waals surface area contributed by atoms with Crippen LogP contribution < -0.4 is 0 Å². The second-order valence-electron chi connectivity index (χ2n) is 5.58. The molecule has 0 nitrogen and oxygen atoms in total. The van der Waals surface area contributed by atoms with Crippen LogP contribution >= 0.6 is 11.6 Å². The molecule has 1 aromatic carbocycles. The fourth-order valence-corrected chi connectivity index (χ4v) is 3.37. The summed E-state index contributed by atoms with van der Waals surface area (Å²) in [6.07, 6.45) is 6.76. The van der Waals surface area contributed by atoms with Crippen molar-refractivity contribution in [2.24, 2.45) is 11.8 Å². The van der Waals surface area contributed by atoms with Crippen molar-refractivity contribution in [3.05, 3.63) is 34.9 Å². The summed E-state index contributed by atoms with van der Waals surface area (Å²) in [6.45, 7) is 4.37. The predicted octanol–water partition coefficient (Wildman–Crippen LogP) is 4.89. The van der Waals surface area contributed by atoms with Crippen molar-refractivity contribution in [3.8, 4) is 0 Å². The smallest absolute Gasteiger partial charge is 0.0257 e. The molecule has 1 heteroatoms. The highest BCUT2D eigenvalue weighted by atomic mass is 35.5. The van der Waals surface area contributed by atoms with Crippen LogP contribution in [0.1, 0.15) is 42.4 Å². The number of aryl methyl sites for hydroxylation is 2. The number of rotatable bonds is 4. The Kier molecular flexibility index (Phi) is 4.50. The Hall–Kier alpha value is -0.490. The van der Waals surface area contributed by atoms with E-state index in [2.05, 4.69) is 32.0 Å². The lowest BCUT2D eigenvalue weighted by Crippen LogP contribution is -2.16. The summed E-state index contributed by atoms with van der Waals surface area (Å²) in [4.78, 5) is 0. The van der Waals surface area contributed by atoms with E-state index in [1.54, 1.807) is 0 Å². The number of hydrogen-bond acceptors (Lipinski definition) is 0. The molecule has 0 saturated heterocycles. The molecule has 0 aromatic heterocycles. The second-order valence-corrected chi connectivity index (χ2v) is 5.89. The molecule has 94 valence electrons. The van der Waals surface area contributed by atoms with Crippen molar-refractivity contribution in [3.63, 3.8) is 0 Å². The first kappa shape index (κ1) is 13.0. The fraction of sp³-hybridized carbons (Fsp3) is 0.625. The maximum absolute atomic E-state index is 6.17. The second kappa shape index (κ2) is 5.91. The largest absolute Gasteiger partial charge is 0.126 e. The zero-order chi connectivity index (χ0) is 12.3. The van der Waals surface area contributed by atoms with Gasteiger partial charge in [-0.15, -0.1) is 11.6 Å². The molecule has 0 N–H and O–H groups in total. The predicted molar refractivity (Wildman–Crippen MR) is 75.8 cm³/mol. The molecule has 0 heterocycles. The van der Waals surface area contributed by atoms with Crippen molar-refractivity contribution in [2.45, 2.75) is 46.0 Å². The van der Waals surface area contributed by atoms with Gasteiger partial charge >= 0.3 is 0 Å². The Morgan fingerprint density at radius 1 is 1.18 bits per heavy atom. The van der Waals surface area contributed by atoms with Crippen LogP contribution in [0, 0.1) is 25.7 Å². The van der Waals surface area contributed by atoms with Gasteiger partial charge in [0, 0.05) is 5.88 Å². The molecule has 1 atom stereocenters. The number of benzene rings is 1. The molecule has 2 rings (SSSR count). The molecule has 0 radical (unpaired) electrons. The van der Waals surface area contributed by atoms with Crippen LogP contribution in [-0.2, 0) is 6.42 Å². The average molecular weight is 251 g/mol. The van der Waals surface area contributed by atoms with E-state index < -0.39 is 0 Å². The van der Waals surface area contributed by atoms with Gasteiger partial charge in [0.05, 0.1) is 0 Å². The Balaban J connectivity index is 2.04. The van der Waals surface area contributed by atoms with E-state index in [-0.39, 0.29) is 0 Å². The van der Waals surface area contributed by atoms with E-state index in [4.69, 9.17) is 11.6 Å². The van der Waals surface area contributed by atoms with Crippen LogP contribution in [0.2, 0.25) is 0 Å². The Morgan fingerprint density at radius 2 is 1.88 bits per heavy atom. The van der Waals surface area contributed by atoms with Crippen molar-refractivity contribution in [2.75, 3.05) is 5.88 Å². The summed E-state index contributed by atoms with van der Waals surface area (Å²) in [7, 11) is 0. The lowest BCUT2D eigenvalue weighted by Gasteiger charge is -2.21. The molecule has 1 saturated carbocycles. The van der Waals surface area contributed by atoms with Crippen molar-refractivity contribution in [1.82, 2.24) is 0 Å². The third kappa shape index (κ3) is 3.25. The van der Waals surface area contributed by atoms with Crippen molar-refractivity contribution in [1.29, 1.82) is 0 Å². The third-order valence-corrected chi connectivity index (χ3v) is 4.73. The Labute approximate surface area is 110 Å². The minimum atomic E-state index is 0.682. The van der Waals surface area contributed by atoms with Crippen LogP contribution in [0.4, 0.5) is 0 Å². The van der Waals surface area contributed by atoms with E-state index in [0.717, 1.165) is 18.2 Å². The summed E-state index contributed by atoms with van der Waals surface area (Å²) < 4.78 is 0. The van der Waals surface area contributed by atoms with E-state index in [0.29, 0.717) is 5.92 Å². The van der Waals surface area contributed by atoms with Crippen LogP contribution in [0.25, 0.3) is 0 Å². The highest BCUT2D eigenvalue weighted by molar-refractivity contribution is 6.18. The zero-order valence-corrected chi connectivity index (χ0v) is 11.8. The van der Waals surface area contributed by atoms with E-state index in [1.807, 2.05) is 0 Å². The number of halogens is 1. The summed E-state index contributed by atoms with van der Waals surface area (Å²) in [5.74, 6) is 2.37. The van der Waals surface area contributed by atoms with E-state index in [1.165, 1.54) is 42.4 Å². The molecule has 0 bridgehead atoms. The van der Waals surface area contributed by atoms with Gasteiger partial charge in [0.25, 0.3) is 0 Å². The van der Waals surface area contributed by atoms with Gasteiger partial charge in [-0.25, -0.2) is 0 Å². The standard InChI is InChI=1S/C16H23Cl/c1-12-7-8-14(9-13(12)2)10-16(11-17)15-5-3-4-6-15/h7-9,15-16H,3-6,10-11H2,1-2H3. The summed E-state index contributed by atoms with van der Waals surface area (Å²) in [5, 5.41) is 0. The summed E-state index contributed by atoms with van der Waals surface area (Å²) in [6, 6.07) is 6.85. The number of hydrogen-bond donors (Lipinski definition) is 0. The van der Waals surface area contributed by atoms with Gasteiger partial charge in [0.15, 0.2) is 0 Å². The average Bonchev–Trinajstić information content (AvgIpc) is 2.84. The minimum absolute atomic E-state index is 0.682. The first-order chi connectivity index (χ1) is 8.20. The van der Waals surface area contributed by atoms with Gasteiger partial charge in [-0.3, -0.25) is 0 Å². The Bertz CT molecular complexity index is 364. The molecule has 1 aliphatic rings. The van der Waals surface area contributed by atoms with E-state index in [9.17, 15) is 0 Å². The van der Waals surface area contributed by atoms with Gasteiger partial charge in [-0.2, -0.15) is 0 Å². The molecule has 17 heavy (non-hydrogen) atoms. The first-order valence-electron chi connectivity index (χ1n) is 6.83. The monoisotopic (exact) mass is 250 g/mol. The molecular formula is C16H23Cl. The van der Waals surface area contributed by atoms with Gasteiger partial charge in [-0.05, 0) is 48.8 Å². The van der Waals surface area contributed by atoms with Gasteiger partial charge in [-0.1, -0.05) is 43.9 Å². The lowest BCUT2D eigenvalue weighted by atomic mass is 9.86. The molecule has 0 spiro atoms. The quantitative estimate of drug-likeness (QED) is 0.668. The Morgan fingerprint density at radius 3 is 2.47 bits per heavy atom. The summed E-state index contributed by atoms with van der Waals surface area (Å²) >= 11 is 6.17. The molecular weight excluding hydrogens is 228 g/mol. The highest BCUT2D eigenvalue weighted by Gasteiger charge is 2.24. The van der Waals surface area contributed by atoms with Crippen molar-refractivity contribution >= 4 is 11.6 Å². The normalized spacial score (nSPS) is 18.5. The summed E-state index contributed by atoms with van der Waals surface area (Å²) in [5.41, 5.74) is 4.25. The molecule has 0 amide bonds. The first-order valence-corrected chi connectivity index (χ1v) is 7.36. The molecule has 0 aliphatic heterocycles. The third-order valence-electron chi connectivity index (χ3n) is 4.33.